The second-order valence-electron chi connectivity index (χ2n) is 4.83. The highest BCUT2D eigenvalue weighted by Gasteiger charge is 2.29. The molecule has 102 valence electrons. The minimum absolute atomic E-state index is 0.324. The van der Waals surface area contributed by atoms with Gasteiger partial charge in [0.1, 0.15) is 0 Å². The van der Waals surface area contributed by atoms with E-state index >= 15 is 0 Å². The van der Waals surface area contributed by atoms with Crippen LogP contribution in [0, 0.1) is 5.92 Å². The van der Waals surface area contributed by atoms with Gasteiger partial charge in [0.05, 0.1) is 0 Å². The Labute approximate surface area is 122 Å². The molecule has 3 atom stereocenters. The zero-order valence-electron chi connectivity index (χ0n) is 11.0. The molecule has 0 bridgehead atoms. The van der Waals surface area contributed by atoms with Crippen LogP contribution in [0.1, 0.15) is 39.0 Å². The summed E-state index contributed by atoms with van der Waals surface area (Å²) in [5.41, 5.74) is 6.25. The Bertz CT molecular complexity index is 369. The van der Waals surface area contributed by atoms with E-state index in [0.717, 1.165) is 21.0 Å². The molecule has 2 N–H and O–H groups in total. The molecule has 0 aromatic carbocycles. The van der Waals surface area contributed by atoms with E-state index in [0.29, 0.717) is 11.3 Å². The highest BCUT2D eigenvalue weighted by molar-refractivity contribution is 8.03. The minimum atomic E-state index is 0.324. The molecular formula is C12H21N3S3. The van der Waals surface area contributed by atoms with Gasteiger partial charge in [0.15, 0.2) is 8.68 Å². The third kappa shape index (κ3) is 3.85. The standard InChI is InChI=1S/C12H21N3S3/c1-3-4-8-5-6-9(13)10(7-8)17-12-15-14-11(16-2)18-12/h8-10H,3-7,13H2,1-2H3. The number of thioether (sulfide) groups is 2. The van der Waals surface area contributed by atoms with Crippen LogP contribution in [0.4, 0.5) is 0 Å². The van der Waals surface area contributed by atoms with E-state index in [1.807, 2.05) is 18.0 Å². The van der Waals surface area contributed by atoms with Crippen LogP contribution in [-0.4, -0.2) is 27.7 Å². The van der Waals surface area contributed by atoms with E-state index in [1.54, 1.807) is 23.1 Å². The van der Waals surface area contributed by atoms with Crippen molar-refractivity contribution in [2.45, 2.75) is 59.0 Å². The Morgan fingerprint density at radius 1 is 1.33 bits per heavy atom. The molecule has 1 heterocycles. The second-order valence-corrected chi connectivity index (χ2v) is 8.34. The molecule has 0 radical (unpaired) electrons. The molecule has 3 nitrogen and oxygen atoms in total. The average molecular weight is 304 g/mol. The summed E-state index contributed by atoms with van der Waals surface area (Å²) in [6, 6.07) is 0.324. The molecule has 1 aliphatic rings. The molecule has 1 aromatic heterocycles. The molecular weight excluding hydrogens is 282 g/mol. The number of aromatic nitrogens is 2. The Kier molecular flexibility index (Phi) is 5.79. The van der Waals surface area contributed by atoms with Crippen molar-refractivity contribution in [1.29, 1.82) is 0 Å². The van der Waals surface area contributed by atoms with Gasteiger partial charge in [-0.1, -0.05) is 54.6 Å². The molecule has 18 heavy (non-hydrogen) atoms. The van der Waals surface area contributed by atoms with Crippen molar-refractivity contribution in [3.63, 3.8) is 0 Å². The normalized spacial score (nSPS) is 28.5. The van der Waals surface area contributed by atoms with Gasteiger partial charge in [-0.05, 0) is 31.4 Å². The topological polar surface area (TPSA) is 51.8 Å². The van der Waals surface area contributed by atoms with Crippen LogP contribution in [0.25, 0.3) is 0 Å². The third-order valence-corrected chi connectivity index (χ3v) is 6.82. The fourth-order valence-corrected chi connectivity index (χ4v) is 5.49. The van der Waals surface area contributed by atoms with E-state index in [-0.39, 0.29) is 0 Å². The first-order chi connectivity index (χ1) is 8.72. The Morgan fingerprint density at radius 2 is 2.11 bits per heavy atom. The monoisotopic (exact) mass is 303 g/mol. The van der Waals surface area contributed by atoms with Crippen molar-refractivity contribution in [3.8, 4) is 0 Å². The number of hydrogen-bond donors (Lipinski definition) is 1. The summed E-state index contributed by atoms with van der Waals surface area (Å²) < 4.78 is 2.13. The summed E-state index contributed by atoms with van der Waals surface area (Å²) in [4.78, 5) is 0. The minimum Gasteiger partial charge on any atom is -0.327 e. The van der Waals surface area contributed by atoms with Crippen LogP contribution < -0.4 is 5.73 Å². The fourth-order valence-electron chi connectivity index (χ4n) is 2.50. The molecule has 0 spiro atoms. The van der Waals surface area contributed by atoms with Crippen LogP contribution >= 0.6 is 34.9 Å². The second kappa shape index (κ2) is 7.12. The molecule has 1 aliphatic carbocycles. The summed E-state index contributed by atoms with van der Waals surface area (Å²) in [6.07, 6.45) is 8.38. The lowest BCUT2D eigenvalue weighted by Crippen LogP contribution is -2.38. The van der Waals surface area contributed by atoms with Gasteiger partial charge in [0, 0.05) is 11.3 Å². The van der Waals surface area contributed by atoms with Gasteiger partial charge >= 0.3 is 0 Å². The smallest absolute Gasteiger partial charge is 0.175 e. The zero-order chi connectivity index (χ0) is 13.0. The maximum Gasteiger partial charge on any atom is 0.175 e. The van der Waals surface area contributed by atoms with Gasteiger partial charge in [-0.3, -0.25) is 0 Å². The molecule has 0 amide bonds. The summed E-state index contributed by atoms with van der Waals surface area (Å²) in [5.74, 6) is 0.861. The Morgan fingerprint density at radius 3 is 2.78 bits per heavy atom. The van der Waals surface area contributed by atoms with Crippen molar-refractivity contribution in [2.24, 2.45) is 11.7 Å². The summed E-state index contributed by atoms with van der Waals surface area (Å²) >= 11 is 5.20. The van der Waals surface area contributed by atoms with Gasteiger partial charge in [0.2, 0.25) is 0 Å². The molecule has 0 aliphatic heterocycles. The maximum atomic E-state index is 6.25. The van der Waals surface area contributed by atoms with Gasteiger partial charge < -0.3 is 5.73 Å². The van der Waals surface area contributed by atoms with E-state index in [1.165, 1.54) is 25.7 Å². The summed E-state index contributed by atoms with van der Waals surface area (Å²) in [6.45, 7) is 2.27. The Hall–Kier alpha value is 0.220. The van der Waals surface area contributed by atoms with Crippen molar-refractivity contribution in [3.05, 3.63) is 0 Å². The highest BCUT2D eigenvalue weighted by Crippen LogP contribution is 2.39. The molecule has 1 fully saturated rings. The lowest BCUT2D eigenvalue weighted by atomic mass is 9.83. The van der Waals surface area contributed by atoms with Crippen molar-refractivity contribution < 1.29 is 0 Å². The van der Waals surface area contributed by atoms with Gasteiger partial charge in [0.25, 0.3) is 0 Å². The number of nitrogens with zero attached hydrogens (tertiary/aromatic N) is 2. The fraction of sp³-hybridized carbons (Fsp3) is 0.833. The predicted molar refractivity (Wildman–Crippen MR) is 81.6 cm³/mol. The van der Waals surface area contributed by atoms with Crippen LogP contribution in [0.3, 0.4) is 0 Å². The molecule has 3 unspecified atom stereocenters. The van der Waals surface area contributed by atoms with Crippen molar-refractivity contribution in [1.82, 2.24) is 10.2 Å². The number of rotatable bonds is 5. The molecule has 2 rings (SSSR count). The van der Waals surface area contributed by atoms with Crippen molar-refractivity contribution >= 4 is 34.9 Å². The first-order valence-electron chi connectivity index (χ1n) is 6.52. The quantitative estimate of drug-likeness (QED) is 0.842. The molecule has 0 saturated heterocycles. The van der Waals surface area contributed by atoms with E-state index in [4.69, 9.17) is 5.73 Å². The molecule has 1 aromatic rings. The maximum absolute atomic E-state index is 6.25. The summed E-state index contributed by atoms with van der Waals surface area (Å²) in [5, 5.41) is 8.92. The SMILES string of the molecule is CCCC1CCC(N)C(Sc2nnc(SC)s2)C1. The number of hydrogen-bond acceptors (Lipinski definition) is 6. The Balaban J connectivity index is 1.93. The number of nitrogens with two attached hydrogens (primary N) is 1. The summed E-state index contributed by atoms with van der Waals surface area (Å²) in [7, 11) is 0. The van der Waals surface area contributed by atoms with E-state index in [9.17, 15) is 0 Å². The third-order valence-electron chi connectivity index (χ3n) is 3.46. The van der Waals surface area contributed by atoms with Crippen molar-refractivity contribution in [2.75, 3.05) is 6.26 Å². The first kappa shape index (κ1) is 14.6. The predicted octanol–water partition coefficient (Wildman–Crippen LogP) is 3.65. The lowest BCUT2D eigenvalue weighted by Gasteiger charge is -2.33. The lowest BCUT2D eigenvalue weighted by molar-refractivity contribution is 0.317. The van der Waals surface area contributed by atoms with Gasteiger partial charge in [-0.2, -0.15) is 0 Å². The average Bonchev–Trinajstić information content (AvgIpc) is 2.81. The molecule has 6 heteroatoms. The van der Waals surface area contributed by atoms with Crippen LogP contribution in [0.2, 0.25) is 0 Å². The van der Waals surface area contributed by atoms with Gasteiger partial charge in [-0.15, -0.1) is 10.2 Å². The zero-order valence-corrected chi connectivity index (χ0v) is 13.4. The first-order valence-corrected chi connectivity index (χ1v) is 9.44. The highest BCUT2D eigenvalue weighted by atomic mass is 32.2. The van der Waals surface area contributed by atoms with E-state index in [2.05, 4.69) is 17.1 Å². The largest absolute Gasteiger partial charge is 0.327 e. The van der Waals surface area contributed by atoms with Gasteiger partial charge in [-0.25, -0.2) is 0 Å². The molecule has 1 saturated carbocycles. The van der Waals surface area contributed by atoms with Crippen LogP contribution in [0.15, 0.2) is 8.68 Å². The van der Waals surface area contributed by atoms with Crippen LogP contribution in [-0.2, 0) is 0 Å². The van der Waals surface area contributed by atoms with Crippen LogP contribution in [0.5, 0.6) is 0 Å². The van der Waals surface area contributed by atoms with E-state index < -0.39 is 0 Å².